The Morgan fingerprint density at radius 1 is 0.405 bits per heavy atom. The molecule has 208 valence electrons. The first kappa shape index (κ1) is 32.9. The highest BCUT2D eigenvalue weighted by atomic mass is 16.6. The molecule has 0 aromatic heterocycles. The van der Waals surface area contributed by atoms with Crippen molar-refractivity contribution in [2.45, 2.75) is 57.6 Å². The lowest BCUT2D eigenvalue weighted by atomic mass is 10.3. The predicted octanol–water partition coefficient (Wildman–Crippen LogP) is -7.79. The molecule has 0 aliphatic carbocycles. The summed E-state index contributed by atoms with van der Waals surface area (Å²) in [6.07, 6.45) is -4.19. The Kier molecular flexibility index (Phi) is 11.8. The van der Waals surface area contributed by atoms with Crippen LogP contribution in [0.4, 0.5) is 0 Å². The van der Waals surface area contributed by atoms with Gasteiger partial charge < -0.3 is 30.6 Å². The second kappa shape index (κ2) is 13.3. The molecule has 20 nitrogen and oxygen atoms in total. The Morgan fingerprint density at radius 3 is 0.730 bits per heavy atom. The minimum Gasteiger partial charge on any atom is -0.331 e. The number of Topliss-reactive ketones (excluding diaryl/α,β-unsaturated/α-hetero) is 2. The molecule has 0 unspecified atom stereocenters. The van der Waals surface area contributed by atoms with Crippen molar-refractivity contribution in [3.05, 3.63) is 0 Å². The highest BCUT2D eigenvalue weighted by Gasteiger charge is 2.34. The van der Waals surface area contributed by atoms with Gasteiger partial charge in [0.05, 0.1) is 12.8 Å². The van der Waals surface area contributed by atoms with Crippen LogP contribution in [0.1, 0.15) is 39.5 Å². The molecule has 0 spiro atoms. The third-order valence-corrected chi connectivity index (χ3v) is 3.34. The van der Waals surface area contributed by atoms with Gasteiger partial charge in [-0.25, -0.2) is 0 Å². The maximum absolute atomic E-state index is 11.7. The Hall–Kier alpha value is -4.08. The Morgan fingerprint density at radius 2 is 0.568 bits per heavy atom. The van der Waals surface area contributed by atoms with Crippen LogP contribution in [0.5, 0.6) is 0 Å². The van der Waals surface area contributed by atoms with E-state index < -0.39 is 90.8 Å². The predicted molar refractivity (Wildman–Crippen MR) is 110 cm³/mol. The largest absolute Gasteiger partial charge is 0.337 e. The summed E-state index contributed by atoms with van der Waals surface area (Å²) in [6.45, 7) is 2.04. The van der Waals surface area contributed by atoms with Crippen LogP contribution in [0.3, 0.4) is 0 Å². The van der Waals surface area contributed by atoms with Crippen LogP contribution in [0.25, 0.3) is 0 Å². The number of amides is 6. The zero-order valence-electron chi connectivity index (χ0n) is 19.3. The van der Waals surface area contributed by atoms with Crippen LogP contribution < -0.4 is 31.9 Å². The van der Waals surface area contributed by atoms with Gasteiger partial charge in [-0.2, -0.15) is 0 Å². The van der Waals surface area contributed by atoms with E-state index in [9.17, 15) is 69.0 Å². The molecular weight excluding hydrogens is 512 g/mol. The van der Waals surface area contributed by atoms with Gasteiger partial charge in [-0.3, -0.25) is 70.3 Å². The molecule has 0 heterocycles. The SMILES string of the molecule is CC(=O)CC(=O)NC(O)(O)NC(=O)CC(=O)NC(O)(O)NC(=O)CC(=O)NC(O)(O)NC(=O)CC(C)=O. The summed E-state index contributed by atoms with van der Waals surface area (Å²) < 4.78 is 0. The summed E-state index contributed by atoms with van der Waals surface area (Å²) in [4.78, 5) is 91.1. The van der Waals surface area contributed by atoms with Crippen LogP contribution >= 0.6 is 0 Å². The monoisotopic (exact) mass is 538 g/mol. The van der Waals surface area contributed by atoms with Crippen molar-refractivity contribution in [3.8, 4) is 0 Å². The fourth-order valence-electron chi connectivity index (χ4n) is 2.27. The molecule has 37 heavy (non-hydrogen) atoms. The summed E-state index contributed by atoms with van der Waals surface area (Å²) in [5, 5.41) is 65.3. The second-order valence-corrected chi connectivity index (χ2v) is 7.42. The number of nitrogens with one attached hydrogen (secondary N) is 6. The van der Waals surface area contributed by atoms with Crippen LogP contribution in [-0.2, 0) is 38.4 Å². The van der Waals surface area contributed by atoms with Crippen LogP contribution in [0.2, 0.25) is 0 Å². The van der Waals surface area contributed by atoms with Gasteiger partial charge in [0.1, 0.15) is 24.4 Å². The van der Waals surface area contributed by atoms with Crippen molar-refractivity contribution in [1.29, 1.82) is 0 Å². The van der Waals surface area contributed by atoms with E-state index in [2.05, 4.69) is 0 Å². The first-order valence-electron chi connectivity index (χ1n) is 9.80. The molecule has 0 bridgehead atoms. The van der Waals surface area contributed by atoms with Gasteiger partial charge >= 0.3 is 18.1 Å². The van der Waals surface area contributed by atoms with E-state index >= 15 is 0 Å². The molecular formula is C17H26N6O14. The van der Waals surface area contributed by atoms with Gasteiger partial charge in [0.25, 0.3) is 0 Å². The number of rotatable bonds is 14. The molecule has 0 fully saturated rings. The van der Waals surface area contributed by atoms with Crippen molar-refractivity contribution >= 4 is 47.0 Å². The summed E-state index contributed by atoms with van der Waals surface area (Å²) in [5.41, 5.74) is 0. The molecule has 0 aromatic carbocycles. The van der Waals surface area contributed by atoms with E-state index in [1.165, 1.54) is 31.9 Å². The molecule has 6 amide bonds. The Labute approximate surface area is 206 Å². The van der Waals surface area contributed by atoms with Gasteiger partial charge in [0.2, 0.25) is 35.4 Å². The number of aliphatic hydroxyl groups is 6. The molecule has 20 heteroatoms. The number of carbonyl (C=O) groups excluding carboxylic acids is 8. The normalized spacial score (nSPS) is 11.5. The zero-order valence-corrected chi connectivity index (χ0v) is 19.3. The molecule has 0 aromatic rings. The van der Waals surface area contributed by atoms with Crippen molar-refractivity contribution in [2.75, 3.05) is 0 Å². The third-order valence-electron chi connectivity index (χ3n) is 3.34. The van der Waals surface area contributed by atoms with E-state index in [1.807, 2.05) is 0 Å². The first-order chi connectivity index (χ1) is 16.6. The lowest BCUT2D eigenvalue weighted by Gasteiger charge is -2.25. The molecule has 0 aliphatic heterocycles. The average Bonchev–Trinajstić information content (AvgIpc) is 2.54. The smallest absolute Gasteiger partial charge is 0.331 e. The minimum atomic E-state index is -3.58. The van der Waals surface area contributed by atoms with E-state index in [4.69, 9.17) is 0 Å². The lowest BCUT2D eigenvalue weighted by Crippen LogP contribution is -2.64. The Balaban J connectivity index is 4.73. The van der Waals surface area contributed by atoms with Crippen molar-refractivity contribution < 1.29 is 69.0 Å². The zero-order chi connectivity index (χ0) is 29.2. The number of hydrogen-bond acceptors (Lipinski definition) is 14. The maximum atomic E-state index is 11.7. The fraction of sp³-hybridized carbons (Fsp3) is 0.529. The van der Waals surface area contributed by atoms with E-state index in [1.54, 1.807) is 0 Å². The van der Waals surface area contributed by atoms with E-state index in [-0.39, 0.29) is 0 Å². The highest BCUT2D eigenvalue weighted by molar-refractivity contribution is 6.00. The highest BCUT2D eigenvalue weighted by Crippen LogP contribution is 1.98. The Bertz CT molecular complexity index is 886. The van der Waals surface area contributed by atoms with Crippen molar-refractivity contribution in [1.82, 2.24) is 31.9 Å². The standard InChI is InChI=1S/C17H26N6O14/c1-7(24)3-9(26)18-15(32,33)20-11(28)5-13(30)22-17(36,37)23-14(31)6-12(29)21-16(34,35)19-10(27)4-8(2)25/h32-37H,3-6H2,1-2H3,(H,18,26)(H,19,27)(H,20,28)(H,21,29)(H,22,30)(H,23,31). The summed E-state index contributed by atoms with van der Waals surface area (Å²) >= 11 is 0. The van der Waals surface area contributed by atoms with Crippen molar-refractivity contribution in [3.63, 3.8) is 0 Å². The lowest BCUT2D eigenvalue weighted by molar-refractivity contribution is -0.212. The van der Waals surface area contributed by atoms with Gasteiger partial charge in [-0.05, 0) is 13.8 Å². The van der Waals surface area contributed by atoms with Crippen LogP contribution in [0.15, 0.2) is 0 Å². The average molecular weight is 538 g/mol. The minimum absolute atomic E-state index is 0.649. The molecule has 0 saturated carbocycles. The summed E-state index contributed by atoms with van der Waals surface area (Å²) in [7, 11) is 0. The topological polar surface area (TPSA) is 330 Å². The van der Waals surface area contributed by atoms with Crippen LogP contribution in [0, 0.1) is 0 Å². The molecule has 0 rings (SSSR count). The molecule has 0 radical (unpaired) electrons. The number of hydrogen-bond donors (Lipinski definition) is 12. The van der Waals surface area contributed by atoms with Gasteiger partial charge in [0.15, 0.2) is 0 Å². The van der Waals surface area contributed by atoms with Crippen LogP contribution in [-0.4, -0.2) is 95.8 Å². The van der Waals surface area contributed by atoms with E-state index in [0.717, 1.165) is 13.8 Å². The number of ketones is 2. The summed E-state index contributed by atoms with van der Waals surface area (Å²) in [6, 6.07) is -10.4. The quantitative estimate of drug-likeness (QED) is 0.0722. The molecule has 0 aliphatic rings. The van der Waals surface area contributed by atoms with Gasteiger partial charge in [0, 0.05) is 0 Å². The molecule has 0 saturated heterocycles. The van der Waals surface area contributed by atoms with E-state index in [0.29, 0.717) is 0 Å². The van der Waals surface area contributed by atoms with Gasteiger partial charge in [-0.15, -0.1) is 0 Å². The third kappa shape index (κ3) is 16.3. The second-order valence-electron chi connectivity index (χ2n) is 7.42. The van der Waals surface area contributed by atoms with Crippen molar-refractivity contribution in [2.24, 2.45) is 0 Å². The first-order valence-corrected chi connectivity index (χ1v) is 9.80. The van der Waals surface area contributed by atoms with Gasteiger partial charge in [-0.1, -0.05) is 0 Å². The summed E-state index contributed by atoms with van der Waals surface area (Å²) in [5.74, 6) is -9.78. The fourth-order valence-corrected chi connectivity index (χ4v) is 2.27. The maximum Gasteiger partial charge on any atom is 0.337 e. The molecule has 12 N–H and O–H groups in total. The number of carbonyl (C=O) groups is 8. The molecule has 0 atom stereocenters.